The Morgan fingerprint density at radius 3 is 2.68 bits per heavy atom. The molecule has 1 unspecified atom stereocenters. The van der Waals surface area contributed by atoms with Crippen molar-refractivity contribution in [2.75, 3.05) is 5.32 Å². The number of benzene rings is 1. The number of aryl methyl sites for hydroxylation is 2. The maximum absolute atomic E-state index is 11.0. The van der Waals surface area contributed by atoms with Crippen LogP contribution in [0.1, 0.15) is 29.8 Å². The number of aromatic amines is 1. The average Bonchev–Trinajstić information content (AvgIpc) is 2.85. The number of aromatic nitrogens is 2. The maximum atomic E-state index is 11.0. The van der Waals surface area contributed by atoms with E-state index in [0.29, 0.717) is 5.56 Å². The topological polar surface area (TPSA) is 83.8 Å². The summed E-state index contributed by atoms with van der Waals surface area (Å²) in [6, 6.07) is 5.27. The van der Waals surface area contributed by atoms with Crippen molar-refractivity contribution in [3.05, 3.63) is 51.3 Å². The first kappa shape index (κ1) is 13.1. The maximum Gasteiger partial charge on any atom is 0.274 e. The summed E-state index contributed by atoms with van der Waals surface area (Å²) in [5.41, 5.74) is 3.48. The van der Waals surface area contributed by atoms with E-state index in [-0.39, 0.29) is 16.7 Å². The fraction of sp³-hybridized carbons (Fsp3) is 0.308. The molecule has 1 atom stereocenters. The van der Waals surface area contributed by atoms with Crippen molar-refractivity contribution >= 4 is 11.4 Å². The number of nitro benzene ring substituents is 1. The molecule has 0 amide bonds. The lowest BCUT2D eigenvalue weighted by Gasteiger charge is -2.16. The Morgan fingerprint density at radius 2 is 2.11 bits per heavy atom. The largest absolute Gasteiger partial charge is 0.377 e. The lowest BCUT2D eigenvalue weighted by Crippen LogP contribution is -2.09. The Balaban J connectivity index is 2.30. The van der Waals surface area contributed by atoms with Crippen molar-refractivity contribution in [2.24, 2.45) is 0 Å². The second kappa shape index (κ2) is 5.09. The number of anilines is 1. The molecule has 0 aliphatic heterocycles. The van der Waals surface area contributed by atoms with Gasteiger partial charge in [-0.1, -0.05) is 0 Å². The smallest absolute Gasteiger partial charge is 0.274 e. The molecule has 0 radical (unpaired) electrons. The van der Waals surface area contributed by atoms with Gasteiger partial charge in [0, 0.05) is 23.5 Å². The molecule has 6 heteroatoms. The summed E-state index contributed by atoms with van der Waals surface area (Å²) in [4.78, 5) is 10.6. The monoisotopic (exact) mass is 260 g/mol. The molecule has 2 aromatic rings. The molecule has 0 saturated heterocycles. The Bertz CT molecular complexity index is 593. The van der Waals surface area contributed by atoms with Crippen molar-refractivity contribution in [3.63, 3.8) is 0 Å². The Hall–Kier alpha value is -2.37. The first-order chi connectivity index (χ1) is 8.99. The number of rotatable bonds is 4. The minimum absolute atomic E-state index is 0.00325. The van der Waals surface area contributed by atoms with Crippen LogP contribution in [0.4, 0.5) is 11.4 Å². The number of H-pyrrole nitrogens is 1. The number of nitro groups is 1. The van der Waals surface area contributed by atoms with Gasteiger partial charge in [0.2, 0.25) is 0 Å². The molecule has 2 N–H and O–H groups in total. The van der Waals surface area contributed by atoms with Crippen LogP contribution in [0.5, 0.6) is 0 Å². The van der Waals surface area contributed by atoms with Gasteiger partial charge in [-0.2, -0.15) is 5.10 Å². The molecule has 0 spiro atoms. The first-order valence-corrected chi connectivity index (χ1v) is 6.00. The minimum atomic E-state index is -0.360. The molecule has 2 rings (SSSR count). The standard InChI is InChI=1S/C13H16N4O2/c1-8-6-9(2)13(17(18)19)7-12(8)15-10(3)11-4-5-14-16-11/h4-7,10,15H,1-3H3,(H,14,16). The minimum Gasteiger partial charge on any atom is -0.377 e. The van der Waals surface area contributed by atoms with Crippen LogP contribution in [0.15, 0.2) is 24.4 Å². The average molecular weight is 260 g/mol. The zero-order chi connectivity index (χ0) is 14.0. The van der Waals surface area contributed by atoms with Crippen molar-refractivity contribution in [3.8, 4) is 0 Å². The van der Waals surface area contributed by atoms with Crippen LogP contribution in [0.25, 0.3) is 0 Å². The Morgan fingerprint density at radius 1 is 1.37 bits per heavy atom. The molecule has 0 aliphatic rings. The van der Waals surface area contributed by atoms with Gasteiger partial charge in [-0.25, -0.2) is 0 Å². The molecule has 19 heavy (non-hydrogen) atoms. The Labute approximate surface area is 111 Å². The van der Waals surface area contributed by atoms with E-state index in [9.17, 15) is 10.1 Å². The molecule has 100 valence electrons. The summed E-state index contributed by atoms with van der Waals surface area (Å²) >= 11 is 0. The molecular weight excluding hydrogens is 244 g/mol. The summed E-state index contributed by atoms with van der Waals surface area (Å²) in [5, 5.41) is 21.0. The third kappa shape index (κ3) is 2.73. The zero-order valence-electron chi connectivity index (χ0n) is 11.1. The predicted octanol–water partition coefficient (Wildman–Crippen LogP) is 3.11. The molecule has 0 bridgehead atoms. The van der Waals surface area contributed by atoms with E-state index >= 15 is 0 Å². The van der Waals surface area contributed by atoms with Gasteiger partial charge in [-0.3, -0.25) is 15.2 Å². The lowest BCUT2D eigenvalue weighted by atomic mass is 10.1. The van der Waals surface area contributed by atoms with E-state index in [1.807, 2.05) is 26.0 Å². The van der Waals surface area contributed by atoms with E-state index in [1.165, 1.54) is 0 Å². The van der Waals surface area contributed by atoms with Gasteiger partial charge >= 0.3 is 0 Å². The molecule has 6 nitrogen and oxygen atoms in total. The molecule has 1 heterocycles. The third-order valence-electron chi connectivity index (χ3n) is 3.10. The van der Waals surface area contributed by atoms with Gasteiger partial charge in [0.15, 0.2) is 0 Å². The summed E-state index contributed by atoms with van der Waals surface area (Å²) in [6.45, 7) is 5.64. The molecule has 0 saturated carbocycles. The van der Waals surface area contributed by atoms with Gasteiger partial charge in [-0.15, -0.1) is 0 Å². The fourth-order valence-electron chi connectivity index (χ4n) is 2.01. The van der Waals surface area contributed by atoms with E-state index in [0.717, 1.165) is 16.9 Å². The van der Waals surface area contributed by atoms with Gasteiger partial charge in [-0.05, 0) is 38.5 Å². The van der Waals surface area contributed by atoms with Crippen LogP contribution in [0.3, 0.4) is 0 Å². The highest BCUT2D eigenvalue weighted by Crippen LogP contribution is 2.28. The van der Waals surface area contributed by atoms with Gasteiger partial charge in [0.1, 0.15) is 0 Å². The summed E-state index contributed by atoms with van der Waals surface area (Å²) in [6.07, 6.45) is 1.68. The van der Waals surface area contributed by atoms with E-state index < -0.39 is 0 Å². The fourth-order valence-corrected chi connectivity index (χ4v) is 2.01. The van der Waals surface area contributed by atoms with E-state index in [2.05, 4.69) is 15.5 Å². The van der Waals surface area contributed by atoms with Crippen LogP contribution >= 0.6 is 0 Å². The molecule has 1 aromatic carbocycles. The quantitative estimate of drug-likeness (QED) is 0.653. The highest BCUT2D eigenvalue weighted by atomic mass is 16.6. The number of nitrogens with one attached hydrogen (secondary N) is 2. The summed E-state index contributed by atoms with van der Waals surface area (Å²) < 4.78 is 0. The predicted molar refractivity (Wildman–Crippen MR) is 73.2 cm³/mol. The third-order valence-corrected chi connectivity index (χ3v) is 3.10. The van der Waals surface area contributed by atoms with Crippen LogP contribution in [-0.4, -0.2) is 15.1 Å². The van der Waals surface area contributed by atoms with Crippen LogP contribution in [-0.2, 0) is 0 Å². The van der Waals surface area contributed by atoms with Gasteiger partial charge in [0.25, 0.3) is 5.69 Å². The van der Waals surface area contributed by atoms with Crippen molar-refractivity contribution < 1.29 is 4.92 Å². The second-order valence-corrected chi connectivity index (χ2v) is 4.59. The number of hydrogen-bond acceptors (Lipinski definition) is 4. The second-order valence-electron chi connectivity index (χ2n) is 4.59. The lowest BCUT2D eigenvalue weighted by molar-refractivity contribution is -0.385. The molecule has 1 aromatic heterocycles. The summed E-state index contributed by atoms with van der Waals surface area (Å²) in [5.74, 6) is 0. The van der Waals surface area contributed by atoms with Gasteiger partial charge in [0.05, 0.1) is 16.7 Å². The van der Waals surface area contributed by atoms with Gasteiger partial charge < -0.3 is 5.32 Å². The zero-order valence-corrected chi connectivity index (χ0v) is 11.1. The van der Waals surface area contributed by atoms with Crippen molar-refractivity contribution in [1.82, 2.24) is 10.2 Å². The van der Waals surface area contributed by atoms with Crippen LogP contribution in [0.2, 0.25) is 0 Å². The number of hydrogen-bond donors (Lipinski definition) is 2. The highest BCUT2D eigenvalue weighted by molar-refractivity contribution is 5.60. The van der Waals surface area contributed by atoms with Crippen molar-refractivity contribution in [2.45, 2.75) is 26.8 Å². The summed E-state index contributed by atoms with van der Waals surface area (Å²) in [7, 11) is 0. The van der Waals surface area contributed by atoms with Crippen LogP contribution < -0.4 is 5.32 Å². The Kier molecular flexibility index (Phi) is 3.50. The number of nitrogens with zero attached hydrogens (tertiary/aromatic N) is 2. The normalized spacial score (nSPS) is 12.2. The first-order valence-electron chi connectivity index (χ1n) is 6.00. The van der Waals surface area contributed by atoms with E-state index in [1.54, 1.807) is 19.2 Å². The molecule has 0 aliphatic carbocycles. The van der Waals surface area contributed by atoms with Crippen molar-refractivity contribution in [1.29, 1.82) is 0 Å². The van der Waals surface area contributed by atoms with Crippen LogP contribution in [0, 0.1) is 24.0 Å². The highest BCUT2D eigenvalue weighted by Gasteiger charge is 2.15. The molecule has 0 fully saturated rings. The molecular formula is C13H16N4O2. The van der Waals surface area contributed by atoms with E-state index in [4.69, 9.17) is 0 Å². The SMILES string of the molecule is Cc1cc(C)c([N+](=O)[O-])cc1NC(C)c1ccn[nH]1.